The van der Waals surface area contributed by atoms with Crippen LogP contribution in [0.4, 0.5) is 15.3 Å². The van der Waals surface area contributed by atoms with Crippen LogP contribution >= 0.6 is 23.2 Å². The number of alkyl carbamates (subject to hydrolysis) is 1. The number of carbonyl (C=O) groups excluding carboxylic acids is 2. The molecule has 0 radical (unpaired) electrons. The highest BCUT2D eigenvalue weighted by Gasteiger charge is 2.06. The fourth-order valence-electron chi connectivity index (χ4n) is 1.28. The molecule has 0 heterocycles. The normalized spacial score (nSPS) is 9.75. The molecule has 0 bridgehead atoms. The second kappa shape index (κ2) is 8.50. The van der Waals surface area contributed by atoms with Crippen LogP contribution in [0.15, 0.2) is 18.2 Å². The largest absolute Gasteiger partial charge is 0.450 e. The summed E-state index contributed by atoms with van der Waals surface area (Å²) < 4.78 is 4.66. The lowest BCUT2D eigenvalue weighted by molar-refractivity contribution is 0.152. The maximum absolute atomic E-state index is 11.6. The Morgan fingerprint density at radius 2 is 1.90 bits per heavy atom. The Balaban J connectivity index is 2.30. The van der Waals surface area contributed by atoms with Crippen molar-refractivity contribution in [2.24, 2.45) is 0 Å². The number of urea groups is 1. The van der Waals surface area contributed by atoms with Gasteiger partial charge in [-0.1, -0.05) is 23.2 Å². The third kappa shape index (κ3) is 5.99. The molecule has 0 aliphatic heterocycles. The van der Waals surface area contributed by atoms with Crippen molar-refractivity contribution in [1.82, 2.24) is 10.6 Å². The third-order valence-electron chi connectivity index (χ3n) is 2.13. The molecule has 0 aliphatic rings. The van der Waals surface area contributed by atoms with Crippen molar-refractivity contribution in [2.45, 2.75) is 6.92 Å². The molecule has 110 valence electrons. The fraction of sp³-hybridized carbons (Fsp3) is 0.333. The summed E-state index contributed by atoms with van der Waals surface area (Å²) in [5, 5.41) is 8.43. The standard InChI is InChI=1S/C12H15Cl2N3O3/c1-2-20-12(19)16-6-5-15-11(18)17-10-7-8(13)3-4-9(10)14/h3-4,7H,2,5-6H2,1H3,(H,16,19)(H2,15,17,18). The Labute approximate surface area is 126 Å². The van der Waals surface area contributed by atoms with Crippen molar-refractivity contribution in [3.8, 4) is 0 Å². The van der Waals surface area contributed by atoms with E-state index in [1.807, 2.05) is 0 Å². The topological polar surface area (TPSA) is 79.5 Å². The number of rotatable bonds is 5. The molecule has 0 spiro atoms. The zero-order valence-corrected chi connectivity index (χ0v) is 12.3. The maximum Gasteiger partial charge on any atom is 0.407 e. The number of benzene rings is 1. The summed E-state index contributed by atoms with van der Waals surface area (Å²) >= 11 is 11.7. The van der Waals surface area contributed by atoms with Crippen LogP contribution in [0.1, 0.15) is 6.92 Å². The molecule has 6 nitrogen and oxygen atoms in total. The molecule has 0 fully saturated rings. The lowest BCUT2D eigenvalue weighted by Gasteiger charge is -2.10. The van der Waals surface area contributed by atoms with Gasteiger partial charge in [-0.25, -0.2) is 9.59 Å². The van der Waals surface area contributed by atoms with Gasteiger partial charge in [-0.05, 0) is 25.1 Å². The first-order valence-corrected chi connectivity index (χ1v) is 6.69. The molecule has 0 aromatic heterocycles. The van der Waals surface area contributed by atoms with Gasteiger partial charge in [0.15, 0.2) is 0 Å². The van der Waals surface area contributed by atoms with Crippen molar-refractivity contribution in [1.29, 1.82) is 0 Å². The van der Waals surface area contributed by atoms with E-state index < -0.39 is 12.1 Å². The van der Waals surface area contributed by atoms with Crippen LogP contribution < -0.4 is 16.0 Å². The molecule has 1 rings (SSSR count). The van der Waals surface area contributed by atoms with Crippen LogP contribution in [-0.4, -0.2) is 31.8 Å². The molecular weight excluding hydrogens is 305 g/mol. The van der Waals surface area contributed by atoms with Crippen LogP contribution in [0, 0.1) is 0 Å². The van der Waals surface area contributed by atoms with Crippen molar-refractivity contribution < 1.29 is 14.3 Å². The van der Waals surface area contributed by atoms with Gasteiger partial charge in [-0.15, -0.1) is 0 Å². The third-order valence-corrected chi connectivity index (χ3v) is 2.70. The van der Waals surface area contributed by atoms with Crippen LogP contribution in [0.5, 0.6) is 0 Å². The lowest BCUT2D eigenvalue weighted by atomic mass is 10.3. The van der Waals surface area contributed by atoms with E-state index in [0.29, 0.717) is 22.3 Å². The van der Waals surface area contributed by atoms with E-state index in [1.54, 1.807) is 25.1 Å². The van der Waals surface area contributed by atoms with Crippen LogP contribution in [0.25, 0.3) is 0 Å². The molecule has 8 heteroatoms. The van der Waals surface area contributed by atoms with Gasteiger partial charge < -0.3 is 20.7 Å². The van der Waals surface area contributed by atoms with Gasteiger partial charge in [0.25, 0.3) is 0 Å². The van der Waals surface area contributed by atoms with Crippen LogP contribution in [0.2, 0.25) is 10.0 Å². The van der Waals surface area contributed by atoms with Gasteiger partial charge in [0, 0.05) is 18.1 Å². The summed E-state index contributed by atoms with van der Waals surface area (Å²) in [6.45, 7) is 2.52. The highest BCUT2D eigenvalue weighted by atomic mass is 35.5. The minimum Gasteiger partial charge on any atom is -0.450 e. The number of ether oxygens (including phenoxy) is 1. The number of hydrogen-bond donors (Lipinski definition) is 3. The van der Waals surface area contributed by atoms with Crippen LogP contribution in [0.3, 0.4) is 0 Å². The Morgan fingerprint density at radius 1 is 1.20 bits per heavy atom. The van der Waals surface area contributed by atoms with Gasteiger partial charge >= 0.3 is 12.1 Å². The Kier molecular flexibility index (Phi) is 6.97. The molecule has 0 saturated heterocycles. The smallest absolute Gasteiger partial charge is 0.407 e. The Bertz CT molecular complexity index is 483. The number of halogens is 2. The minimum atomic E-state index is -0.521. The molecule has 3 amide bonds. The average molecular weight is 320 g/mol. The Morgan fingerprint density at radius 3 is 2.60 bits per heavy atom. The summed E-state index contributed by atoms with van der Waals surface area (Å²) in [5.74, 6) is 0. The SMILES string of the molecule is CCOC(=O)NCCNC(=O)Nc1cc(Cl)ccc1Cl. The number of nitrogens with one attached hydrogen (secondary N) is 3. The van der Waals surface area contributed by atoms with Crippen molar-refractivity contribution in [3.63, 3.8) is 0 Å². The highest BCUT2D eigenvalue weighted by molar-refractivity contribution is 6.35. The fourth-order valence-corrected chi connectivity index (χ4v) is 1.62. The van der Waals surface area contributed by atoms with E-state index in [0.717, 1.165) is 0 Å². The average Bonchev–Trinajstić information content (AvgIpc) is 2.39. The van der Waals surface area contributed by atoms with E-state index in [-0.39, 0.29) is 13.1 Å². The first-order valence-electron chi connectivity index (χ1n) is 5.93. The Hall–Kier alpha value is -1.66. The molecule has 0 saturated carbocycles. The number of carbonyl (C=O) groups is 2. The second-order valence-corrected chi connectivity index (χ2v) is 4.50. The quantitative estimate of drug-likeness (QED) is 0.730. The van der Waals surface area contributed by atoms with E-state index in [1.165, 1.54) is 0 Å². The summed E-state index contributed by atoms with van der Waals surface area (Å²) in [5.41, 5.74) is 0.412. The van der Waals surface area contributed by atoms with Crippen molar-refractivity contribution in [2.75, 3.05) is 25.0 Å². The first-order chi connectivity index (χ1) is 9.52. The molecule has 0 aliphatic carbocycles. The van der Waals surface area contributed by atoms with E-state index in [4.69, 9.17) is 23.2 Å². The summed E-state index contributed by atoms with van der Waals surface area (Å²) in [6, 6.07) is 4.30. The summed E-state index contributed by atoms with van der Waals surface area (Å²) in [4.78, 5) is 22.5. The van der Waals surface area contributed by atoms with E-state index in [9.17, 15) is 9.59 Å². The van der Waals surface area contributed by atoms with Crippen LogP contribution in [-0.2, 0) is 4.74 Å². The molecular formula is C12H15Cl2N3O3. The van der Waals surface area contributed by atoms with E-state index >= 15 is 0 Å². The minimum absolute atomic E-state index is 0.253. The number of hydrogen-bond acceptors (Lipinski definition) is 3. The summed E-state index contributed by atoms with van der Waals surface area (Å²) in [6.07, 6.45) is -0.521. The predicted molar refractivity (Wildman–Crippen MR) is 78.5 cm³/mol. The second-order valence-electron chi connectivity index (χ2n) is 3.65. The molecule has 3 N–H and O–H groups in total. The molecule has 1 aromatic carbocycles. The van der Waals surface area contributed by atoms with Crippen molar-refractivity contribution in [3.05, 3.63) is 28.2 Å². The zero-order chi connectivity index (χ0) is 15.0. The summed E-state index contributed by atoms with van der Waals surface area (Å²) in [7, 11) is 0. The van der Waals surface area contributed by atoms with Gasteiger partial charge in [0.2, 0.25) is 0 Å². The number of amides is 3. The zero-order valence-electron chi connectivity index (χ0n) is 10.8. The molecule has 20 heavy (non-hydrogen) atoms. The molecule has 0 unspecified atom stereocenters. The number of anilines is 1. The van der Waals surface area contributed by atoms with Crippen molar-refractivity contribution >= 4 is 41.0 Å². The van der Waals surface area contributed by atoms with Gasteiger partial charge in [-0.3, -0.25) is 0 Å². The first kappa shape index (κ1) is 16.4. The molecule has 0 atom stereocenters. The molecule has 1 aromatic rings. The predicted octanol–water partition coefficient (Wildman–Crippen LogP) is 2.86. The monoisotopic (exact) mass is 319 g/mol. The van der Waals surface area contributed by atoms with Gasteiger partial charge in [0.1, 0.15) is 0 Å². The van der Waals surface area contributed by atoms with Gasteiger partial charge in [-0.2, -0.15) is 0 Å². The highest BCUT2D eigenvalue weighted by Crippen LogP contribution is 2.25. The van der Waals surface area contributed by atoms with E-state index in [2.05, 4.69) is 20.7 Å². The lowest BCUT2D eigenvalue weighted by Crippen LogP contribution is -2.37. The van der Waals surface area contributed by atoms with Gasteiger partial charge in [0.05, 0.1) is 17.3 Å². The maximum atomic E-state index is 11.6.